The first-order valence-electron chi connectivity index (χ1n) is 11.6. The molecule has 0 saturated heterocycles. The van der Waals surface area contributed by atoms with E-state index in [-0.39, 0.29) is 5.82 Å². The second-order valence-electron chi connectivity index (χ2n) is 9.19. The lowest BCUT2D eigenvalue weighted by Gasteiger charge is -2.26. The molecule has 1 aliphatic rings. The average molecular weight is 456 g/mol. The monoisotopic (exact) mass is 455 g/mol. The lowest BCUT2D eigenvalue weighted by atomic mass is 9.83. The molecule has 0 bridgehead atoms. The number of nitriles is 1. The zero-order valence-corrected chi connectivity index (χ0v) is 19.5. The molecule has 1 aromatic carbocycles. The van der Waals surface area contributed by atoms with Crippen molar-refractivity contribution in [2.24, 2.45) is 11.8 Å². The Kier molecular flexibility index (Phi) is 6.11. The smallest absolute Gasteiger partial charge is 0.233 e. The lowest BCUT2D eigenvalue weighted by Crippen LogP contribution is -2.17. The van der Waals surface area contributed by atoms with Gasteiger partial charge in [0, 0.05) is 42.7 Å². The van der Waals surface area contributed by atoms with Crippen molar-refractivity contribution in [1.82, 2.24) is 19.5 Å². The zero-order valence-electron chi connectivity index (χ0n) is 18.7. The fraction of sp³-hybridized carbons (Fsp3) is 0.333. The molecular formula is C27H26ClN5. The first-order valence-corrected chi connectivity index (χ1v) is 11.9. The summed E-state index contributed by atoms with van der Waals surface area (Å²) in [6.07, 6.45) is 11.4. The van der Waals surface area contributed by atoms with Crippen molar-refractivity contribution in [3.05, 3.63) is 77.0 Å². The Morgan fingerprint density at radius 1 is 1.09 bits per heavy atom. The number of nitrogens with zero attached hydrogens (tertiary/aromatic N) is 5. The number of pyridine rings is 1. The normalized spacial score (nSPS) is 18.3. The summed E-state index contributed by atoms with van der Waals surface area (Å²) in [7, 11) is 0. The van der Waals surface area contributed by atoms with Crippen LogP contribution in [0.2, 0.25) is 5.02 Å². The standard InChI is InChI=1S/C27H26ClN5/c1-18-7-9-20(10-8-18)16-33-17-22(11-19-5-3-2-4-6-19)26-27(33)25(31-24(13-29)32-26)21-12-23(28)15-30-14-21/h2-6,12,14-15,17-18,20H,7-11,16H2,1H3. The molecule has 3 aromatic heterocycles. The fourth-order valence-corrected chi connectivity index (χ4v) is 5.11. The lowest BCUT2D eigenvalue weighted by molar-refractivity contribution is 0.267. The Morgan fingerprint density at radius 3 is 2.61 bits per heavy atom. The fourth-order valence-electron chi connectivity index (χ4n) is 4.94. The third-order valence-electron chi connectivity index (χ3n) is 6.69. The molecule has 0 atom stereocenters. The van der Waals surface area contributed by atoms with Crippen LogP contribution < -0.4 is 0 Å². The van der Waals surface area contributed by atoms with Gasteiger partial charge < -0.3 is 4.57 Å². The van der Waals surface area contributed by atoms with Crippen LogP contribution in [-0.2, 0) is 13.0 Å². The molecule has 4 aromatic rings. The van der Waals surface area contributed by atoms with Crippen LogP contribution in [0.1, 0.15) is 49.6 Å². The summed E-state index contributed by atoms with van der Waals surface area (Å²) in [6, 6.07) is 14.4. The number of hydrogen-bond donors (Lipinski definition) is 0. The summed E-state index contributed by atoms with van der Waals surface area (Å²) in [4.78, 5) is 13.6. The minimum atomic E-state index is 0.163. The van der Waals surface area contributed by atoms with Crippen molar-refractivity contribution in [2.45, 2.75) is 45.6 Å². The molecular weight excluding hydrogens is 430 g/mol. The van der Waals surface area contributed by atoms with E-state index in [1.165, 1.54) is 31.2 Å². The van der Waals surface area contributed by atoms with Crippen LogP contribution in [-0.4, -0.2) is 19.5 Å². The second-order valence-corrected chi connectivity index (χ2v) is 9.63. The van der Waals surface area contributed by atoms with Gasteiger partial charge in [0.05, 0.1) is 16.1 Å². The minimum Gasteiger partial charge on any atom is -0.344 e. The SMILES string of the molecule is CC1CCC(Cn2cc(Cc3ccccc3)c3nc(C#N)nc(-c4cncc(Cl)c4)c32)CC1. The van der Waals surface area contributed by atoms with Crippen molar-refractivity contribution in [3.63, 3.8) is 0 Å². The summed E-state index contributed by atoms with van der Waals surface area (Å²) in [5.41, 5.74) is 5.64. The van der Waals surface area contributed by atoms with Gasteiger partial charge in [-0.1, -0.05) is 61.7 Å². The number of hydrogen-bond acceptors (Lipinski definition) is 4. The Balaban J connectivity index is 1.67. The Labute approximate surface area is 199 Å². The zero-order chi connectivity index (χ0) is 22.8. The molecule has 0 aliphatic heterocycles. The van der Waals surface area contributed by atoms with E-state index in [1.54, 1.807) is 12.4 Å². The van der Waals surface area contributed by atoms with Crippen LogP contribution >= 0.6 is 11.6 Å². The molecule has 166 valence electrons. The topological polar surface area (TPSA) is 67.4 Å². The molecule has 1 fully saturated rings. The summed E-state index contributed by atoms with van der Waals surface area (Å²) < 4.78 is 2.31. The second kappa shape index (κ2) is 9.33. The maximum atomic E-state index is 9.67. The number of halogens is 1. The molecule has 1 aliphatic carbocycles. The van der Waals surface area contributed by atoms with E-state index in [0.29, 0.717) is 10.9 Å². The van der Waals surface area contributed by atoms with Crippen molar-refractivity contribution in [3.8, 4) is 17.3 Å². The van der Waals surface area contributed by atoms with E-state index < -0.39 is 0 Å². The first-order chi connectivity index (χ1) is 16.1. The van der Waals surface area contributed by atoms with E-state index in [4.69, 9.17) is 11.6 Å². The van der Waals surface area contributed by atoms with Crippen LogP contribution in [0.4, 0.5) is 0 Å². The van der Waals surface area contributed by atoms with E-state index in [2.05, 4.69) is 63.0 Å². The van der Waals surface area contributed by atoms with E-state index in [0.717, 1.165) is 46.7 Å². The van der Waals surface area contributed by atoms with Gasteiger partial charge in [-0.3, -0.25) is 4.98 Å². The summed E-state index contributed by atoms with van der Waals surface area (Å²) in [5, 5.41) is 10.2. The van der Waals surface area contributed by atoms with Gasteiger partial charge in [-0.05, 0) is 36.3 Å². The highest BCUT2D eigenvalue weighted by molar-refractivity contribution is 6.30. The highest BCUT2D eigenvalue weighted by atomic mass is 35.5. The molecule has 6 heteroatoms. The van der Waals surface area contributed by atoms with Gasteiger partial charge >= 0.3 is 0 Å². The van der Waals surface area contributed by atoms with Crippen molar-refractivity contribution in [2.75, 3.05) is 0 Å². The third kappa shape index (κ3) is 4.62. The molecule has 0 spiro atoms. The third-order valence-corrected chi connectivity index (χ3v) is 6.90. The predicted octanol–water partition coefficient (Wildman–Crippen LogP) is 6.44. The highest BCUT2D eigenvalue weighted by Gasteiger charge is 2.23. The number of fused-ring (bicyclic) bond motifs is 1. The molecule has 1 saturated carbocycles. The molecule has 0 N–H and O–H groups in total. The number of rotatable bonds is 5. The summed E-state index contributed by atoms with van der Waals surface area (Å²) in [5.74, 6) is 1.60. The molecule has 33 heavy (non-hydrogen) atoms. The number of benzene rings is 1. The summed E-state index contributed by atoms with van der Waals surface area (Å²) in [6.45, 7) is 3.27. The average Bonchev–Trinajstić information content (AvgIpc) is 3.17. The van der Waals surface area contributed by atoms with Gasteiger partial charge in [-0.25, -0.2) is 9.97 Å². The molecule has 0 amide bonds. The minimum absolute atomic E-state index is 0.163. The van der Waals surface area contributed by atoms with Gasteiger partial charge in [0.2, 0.25) is 5.82 Å². The maximum absolute atomic E-state index is 9.67. The van der Waals surface area contributed by atoms with Gasteiger partial charge in [-0.15, -0.1) is 0 Å². The summed E-state index contributed by atoms with van der Waals surface area (Å²) >= 11 is 6.26. The van der Waals surface area contributed by atoms with Crippen LogP contribution in [0.15, 0.2) is 55.0 Å². The van der Waals surface area contributed by atoms with Gasteiger partial charge in [0.25, 0.3) is 0 Å². The Hall–Kier alpha value is -3.23. The van der Waals surface area contributed by atoms with Crippen molar-refractivity contribution < 1.29 is 0 Å². The van der Waals surface area contributed by atoms with Crippen LogP contribution in [0.5, 0.6) is 0 Å². The highest BCUT2D eigenvalue weighted by Crippen LogP contribution is 2.35. The molecule has 3 heterocycles. The van der Waals surface area contributed by atoms with Crippen LogP contribution in [0, 0.1) is 23.2 Å². The Morgan fingerprint density at radius 2 is 1.88 bits per heavy atom. The van der Waals surface area contributed by atoms with E-state index >= 15 is 0 Å². The molecule has 0 radical (unpaired) electrons. The molecule has 0 unspecified atom stereocenters. The van der Waals surface area contributed by atoms with Crippen LogP contribution in [0.25, 0.3) is 22.3 Å². The predicted molar refractivity (Wildman–Crippen MR) is 131 cm³/mol. The van der Waals surface area contributed by atoms with Crippen molar-refractivity contribution >= 4 is 22.6 Å². The number of aromatic nitrogens is 4. The molecule has 5 rings (SSSR count). The van der Waals surface area contributed by atoms with Gasteiger partial charge in [-0.2, -0.15) is 5.26 Å². The van der Waals surface area contributed by atoms with Crippen molar-refractivity contribution in [1.29, 1.82) is 5.26 Å². The van der Waals surface area contributed by atoms with E-state index in [9.17, 15) is 5.26 Å². The Bertz CT molecular complexity index is 1310. The molecule has 5 nitrogen and oxygen atoms in total. The largest absolute Gasteiger partial charge is 0.344 e. The van der Waals surface area contributed by atoms with E-state index in [1.807, 2.05) is 12.1 Å². The quantitative estimate of drug-likeness (QED) is 0.347. The van der Waals surface area contributed by atoms with Crippen LogP contribution in [0.3, 0.4) is 0 Å². The maximum Gasteiger partial charge on any atom is 0.233 e. The van der Waals surface area contributed by atoms with Gasteiger partial charge in [0.15, 0.2) is 0 Å². The van der Waals surface area contributed by atoms with Gasteiger partial charge in [0.1, 0.15) is 11.8 Å². The first kappa shape index (κ1) is 21.6.